The summed E-state index contributed by atoms with van der Waals surface area (Å²) in [4.78, 5) is 14.2. The number of phenolic OH excluding ortho intramolecular Hbond substituents is 1. The number of hydrogen-bond donors (Lipinski definition) is 2. The van der Waals surface area contributed by atoms with Crippen molar-refractivity contribution < 1.29 is 15.0 Å². The summed E-state index contributed by atoms with van der Waals surface area (Å²) in [5.41, 5.74) is 1.99. The van der Waals surface area contributed by atoms with Gasteiger partial charge in [0, 0.05) is 24.8 Å². The third kappa shape index (κ3) is 3.47. The second kappa shape index (κ2) is 6.57. The molecule has 19 heavy (non-hydrogen) atoms. The molecule has 0 aliphatic heterocycles. The molecule has 0 fully saturated rings. The fourth-order valence-corrected chi connectivity index (χ4v) is 2.24. The van der Waals surface area contributed by atoms with Crippen LogP contribution in [0.15, 0.2) is 12.1 Å². The van der Waals surface area contributed by atoms with Crippen LogP contribution in [0.1, 0.15) is 41.8 Å². The largest absolute Gasteiger partial charge is 0.507 e. The van der Waals surface area contributed by atoms with Crippen LogP contribution in [-0.2, 0) is 0 Å². The Morgan fingerprint density at radius 3 is 2.26 bits per heavy atom. The zero-order valence-electron chi connectivity index (χ0n) is 12.1. The maximum Gasteiger partial charge on any atom is 0.254 e. The summed E-state index contributed by atoms with van der Waals surface area (Å²) >= 11 is 0. The Bertz CT molecular complexity index is 434. The van der Waals surface area contributed by atoms with E-state index >= 15 is 0 Å². The van der Waals surface area contributed by atoms with Gasteiger partial charge in [-0.05, 0) is 57.4 Å². The second-order valence-electron chi connectivity index (χ2n) is 4.91. The molecule has 4 heteroatoms. The molecule has 1 atom stereocenters. The van der Waals surface area contributed by atoms with E-state index in [2.05, 4.69) is 0 Å². The highest BCUT2D eigenvalue weighted by Crippen LogP contribution is 2.24. The number of aliphatic hydroxyl groups is 1. The van der Waals surface area contributed by atoms with Gasteiger partial charge in [-0.1, -0.05) is 0 Å². The van der Waals surface area contributed by atoms with Crippen molar-refractivity contribution in [2.45, 2.75) is 40.2 Å². The van der Waals surface area contributed by atoms with Crippen LogP contribution in [0, 0.1) is 13.8 Å². The van der Waals surface area contributed by atoms with Crippen molar-refractivity contribution in [1.82, 2.24) is 4.90 Å². The average Bonchev–Trinajstić information content (AvgIpc) is 2.36. The van der Waals surface area contributed by atoms with Gasteiger partial charge in [-0.25, -0.2) is 0 Å². The second-order valence-corrected chi connectivity index (χ2v) is 4.91. The molecule has 0 heterocycles. The number of phenols is 1. The molecule has 1 aromatic carbocycles. The van der Waals surface area contributed by atoms with Gasteiger partial charge in [0.2, 0.25) is 0 Å². The van der Waals surface area contributed by atoms with Crippen molar-refractivity contribution in [3.8, 4) is 5.75 Å². The predicted molar refractivity (Wildman–Crippen MR) is 75.5 cm³/mol. The van der Waals surface area contributed by atoms with Crippen LogP contribution in [0.25, 0.3) is 0 Å². The van der Waals surface area contributed by atoms with Crippen LogP contribution in [-0.4, -0.2) is 40.2 Å². The standard InChI is InChI=1S/C15H23NO3/c1-5-16(12(4)6-7-17)15(19)13-8-10(2)14(18)11(3)9-13/h8-9,12,17-18H,5-7H2,1-4H3. The minimum atomic E-state index is -0.0605. The van der Waals surface area contributed by atoms with Gasteiger partial charge in [0.05, 0.1) is 0 Å². The molecule has 106 valence electrons. The molecule has 0 aromatic heterocycles. The molecule has 0 aliphatic rings. The molecule has 0 aliphatic carbocycles. The Kier molecular flexibility index (Phi) is 5.36. The first kappa shape index (κ1) is 15.5. The van der Waals surface area contributed by atoms with Crippen LogP contribution in [0.4, 0.5) is 0 Å². The monoisotopic (exact) mass is 265 g/mol. The smallest absolute Gasteiger partial charge is 0.254 e. The van der Waals surface area contributed by atoms with E-state index in [-0.39, 0.29) is 24.3 Å². The lowest BCUT2D eigenvalue weighted by atomic mass is 10.0. The van der Waals surface area contributed by atoms with Crippen LogP contribution < -0.4 is 0 Å². The zero-order chi connectivity index (χ0) is 14.6. The highest BCUT2D eigenvalue weighted by Gasteiger charge is 2.20. The van der Waals surface area contributed by atoms with Crippen LogP contribution in [0.3, 0.4) is 0 Å². The number of rotatable bonds is 5. The highest BCUT2D eigenvalue weighted by molar-refractivity contribution is 5.95. The Morgan fingerprint density at radius 2 is 1.84 bits per heavy atom. The van der Waals surface area contributed by atoms with Gasteiger partial charge in [0.15, 0.2) is 0 Å². The summed E-state index contributed by atoms with van der Waals surface area (Å²) in [7, 11) is 0. The van der Waals surface area contributed by atoms with Crippen LogP contribution in [0.5, 0.6) is 5.75 Å². The van der Waals surface area contributed by atoms with Crippen molar-refractivity contribution in [3.05, 3.63) is 28.8 Å². The molecule has 1 unspecified atom stereocenters. The number of aryl methyl sites for hydroxylation is 2. The molecule has 1 rings (SSSR count). The Balaban J connectivity index is 3.04. The number of aromatic hydroxyl groups is 1. The van der Waals surface area contributed by atoms with Gasteiger partial charge in [-0.2, -0.15) is 0 Å². The molecule has 0 spiro atoms. The van der Waals surface area contributed by atoms with E-state index < -0.39 is 0 Å². The van der Waals surface area contributed by atoms with E-state index in [1.807, 2.05) is 13.8 Å². The normalized spacial score (nSPS) is 12.3. The number of carbonyl (C=O) groups excluding carboxylic acids is 1. The van der Waals surface area contributed by atoms with E-state index in [9.17, 15) is 9.90 Å². The van der Waals surface area contributed by atoms with Gasteiger partial charge in [0.25, 0.3) is 5.91 Å². The Hall–Kier alpha value is -1.55. The highest BCUT2D eigenvalue weighted by atomic mass is 16.3. The van der Waals surface area contributed by atoms with Crippen LogP contribution in [0.2, 0.25) is 0 Å². The van der Waals surface area contributed by atoms with E-state index in [1.54, 1.807) is 30.9 Å². The number of nitrogens with zero attached hydrogens (tertiary/aromatic N) is 1. The van der Waals surface area contributed by atoms with E-state index in [0.29, 0.717) is 29.7 Å². The molecular formula is C15H23NO3. The van der Waals surface area contributed by atoms with E-state index in [1.165, 1.54) is 0 Å². The van der Waals surface area contributed by atoms with Gasteiger partial charge < -0.3 is 15.1 Å². The third-order valence-corrected chi connectivity index (χ3v) is 3.42. The van der Waals surface area contributed by atoms with Gasteiger partial charge in [-0.15, -0.1) is 0 Å². The number of carbonyl (C=O) groups is 1. The SMILES string of the molecule is CCN(C(=O)c1cc(C)c(O)c(C)c1)C(C)CCO. The summed E-state index contributed by atoms with van der Waals surface area (Å²) in [5.74, 6) is 0.178. The van der Waals surface area contributed by atoms with Crippen LogP contribution >= 0.6 is 0 Å². The summed E-state index contributed by atoms with van der Waals surface area (Å²) in [6.45, 7) is 8.08. The maximum atomic E-state index is 12.5. The zero-order valence-corrected chi connectivity index (χ0v) is 12.1. The first-order valence-corrected chi connectivity index (χ1v) is 6.64. The lowest BCUT2D eigenvalue weighted by Crippen LogP contribution is -2.39. The van der Waals surface area contributed by atoms with Gasteiger partial charge in [-0.3, -0.25) is 4.79 Å². The molecule has 0 saturated carbocycles. The Morgan fingerprint density at radius 1 is 1.32 bits per heavy atom. The van der Waals surface area contributed by atoms with Crippen molar-refractivity contribution in [2.75, 3.05) is 13.2 Å². The lowest BCUT2D eigenvalue weighted by Gasteiger charge is -2.28. The number of amides is 1. The number of aliphatic hydroxyl groups excluding tert-OH is 1. The quantitative estimate of drug-likeness (QED) is 0.858. The van der Waals surface area contributed by atoms with Crippen molar-refractivity contribution in [3.63, 3.8) is 0 Å². The first-order valence-electron chi connectivity index (χ1n) is 6.64. The number of hydrogen-bond acceptors (Lipinski definition) is 3. The van der Waals surface area contributed by atoms with E-state index in [0.717, 1.165) is 0 Å². The lowest BCUT2D eigenvalue weighted by molar-refractivity contribution is 0.0679. The molecule has 0 radical (unpaired) electrons. The summed E-state index contributed by atoms with van der Waals surface area (Å²) in [6, 6.07) is 3.41. The van der Waals surface area contributed by atoms with Gasteiger partial charge >= 0.3 is 0 Å². The predicted octanol–water partition coefficient (Wildman–Crippen LogP) is 2.24. The van der Waals surface area contributed by atoms with Crippen molar-refractivity contribution in [2.24, 2.45) is 0 Å². The summed E-state index contributed by atoms with van der Waals surface area (Å²) < 4.78 is 0. The van der Waals surface area contributed by atoms with Crippen molar-refractivity contribution in [1.29, 1.82) is 0 Å². The van der Waals surface area contributed by atoms with Gasteiger partial charge in [0.1, 0.15) is 5.75 Å². The molecule has 0 bridgehead atoms. The summed E-state index contributed by atoms with van der Waals surface area (Å²) in [5, 5.41) is 18.7. The molecular weight excluding hydrogens is 242 g/mol. The molecule has 4 nitrogen and oxygen atoms in total. The molecule has 1 amide bonds. The first-order chi connectivity index (χ1) is 8.92. The summed E-state index contributed by atoms with van der Waals surface area (Å²) in [6.07, 6.45) is 0.565. The minimum Gasteiger partial charge on any atom is -0.507 e. The third-order valence-electron chi connectivity index (χ3n) is 3.42. The van der Waals surface area contributed by atoms with E-state index in [4.69, 9.17) is 5.11 Å². The average molecular weight is 265 g/mol. The molecule has 0 saturated heterocycles. The number of benzene rings is 1. The maximum absolute atomic E-state index is 12.5. The fourth-order valence-electron chi connectivity index (χ4n) is 2.24. The minimum absolute atomic E-state index is 0.00286. The molecule has 2 N–H and O–H groups in total. The van der Waals surface area contributed by atoms with Crippen molar-refractivity contribution >= 4 is 5.91 Å². The Labute approximate surface area is 114 Å². The fraction of sp³-hybridized carbons (Fsp3) is 0.533. The topological polar surface area (TPSA) is 60.8 Å². The molecule has 1 aromatic rings.